The number of aromatic hydroxyl groups is 1. The highest BCUT2D eigenvalue weighted by atomic mass is 32.1. The van der Waals surface area contributed by atoms with Crippen LogP contribution in [0.4, 0.5) is 0 Å². The molecule has 3 aromatic rings. The largest absolute Gasteiger partial charge is 0.492 e. The van der Waals surface area contributed by atoms with E-state index >= 15 is 0 Å². The Labute approximate surface area is 116 Å². The second-order valence-corrected chi connectivity index (χ2v) is 4.81. The first-order valence-corrected chi connectivity index (χ1v) is 6.54. The quantitative estimate of drug-likeness (QED) is 0.750. The van der Waals surface area contributed by atoms with Crippen molar-refractivity contribution in [1.29, 1.82) is 0 Å². The molecule has 0 atom stereocenters. The number of carbonyl (C=O) groups excluding carboxylic acids is 1. The Morgan fingerprint density at radius 1 is 1.55 bits per heavy atom. The number of amides is 1. The number of thiazole rings is 1. The standard InChI is InChI=1S/C12H9N3O4S/c16-9(13-6-7-2-1-4-19-7)8-10(17)14-12-15(11(8)18)3-5-20-12/h1-5,17H,6H2,(H,13,16). The molecule has 0 saturated carbocycles. The molecule has 3 heterocycles. The summed E-state index contributed by atoms with van der Waals surface area (Å²) in [5.41, 5.74) is -0.988. The molecule has 0 aliphatic carbocycles. The Morgan fingerprint density at radius 3 is 3.15 bits per heavy atom. The molecule has 0 aromatic carbocycles. The third-order valence-electron chi connectivity index (χ3n) is 2.68. The van der Waals surface area contributed by atoms with Crippen molar-refractivity contribution in [2.45, 2.75) is 6.54 Å². The summed E-state index contributed by atoms with van der Waals surface area (Å²) in [7, 11) is 0. The van der Waals surface area contributed by atoms with Gasteiger partial charge in [0, 0.05) is 11.6 Å². The van der Waals surface area contributed by atoms with Crippen LogP contribution in [-0.4, -0.2) is 20.4 Å². The van der Waals surface area contributed by atoms with Gasteiger partial charge in [-0.25, -0.2) is 0 Å². The summed E-state index contributed by atoms with van der Waals surface area (Å²) in [6.45, 7) is 0.122. The fourth-order valence-corrected chi connectivity index (χ4v) is 2.44. The summed E-state index contributed by atoms with van der Waals surface area (Å²) >= 11 is 1.19. The van der Waals surface area contributed by atoms with Gasteiger partial charge >= 0.3 is 0 Å². The van der Waals surface area contributed by atoms with Crippen LogP contribution in [0.3, 0.4) is 0 Å². The van der Waals surface area contributed by atoms with E-state index in [0.717, 1.165) is 0 Å². The second kappa shape index (κ2) is 4.82. The van der Waals surface area contributed by atoms with Crippen molar-refractivity contribution in [3.8, 4) is 5.88 Å². The summed E-state index contributed by atoms with van der Waals surface area (Å²) in [5.74, 6) is -0.728. The van der Waals surface area contributed by atoms with Gasteiger partial charge in [-0.3, -0.25) is 14.0 Å². The van der Waals surface area contributed by atoms with Gasteiger partial charge in [0.15, 0.2) is 10.5 Å². The minimum atomic E-state index is -0.697. The van der Waals surface area contributed by atoms with Gasteiger partial charge in [0.25, 0.3) is 11.5 Å². The minimum Gasteiger partial charge on any atom is -0.492 e. The number of hydrogen-bond acceptors (Lipinski definition) is 6. The number of carbonyl (C=O) groups is 1. The average molecular weight is 291 g/mol. The zero-order valence-corrected chi connectivity index (χ0v) is 10.9. The average Bonchev–Trinajstić information content (AvgIpc) is 3.06. The van der Waals surface area contributed by atoms with Crippen molar-refractivity contribution in [1.82, 2.24) is 14.7 Å². The molecule has 7 nitrogen and oxygen atoms in total. The molecule has 0 spiro atoms. The molecule has 0 fully saturated rings. The number of rotatable bonds is 3. The molecule has 3 rings (SSSR count). The Hall–Kier alpha value is -2.61. The third kappa shape index (κ3) is 2.05. The SMILES string of the molecule is O=C(NCc1ccco1)c1c(O)nc2sccn2c1=O. The minimum absolute atomic E-state index is 0.122. The van der Waals surface area contributed by atoms with Gasteiger partial charge in [-0.2, -0.15) is 4.98 Å². The molecule has 0 bridgehead atoms. The molecule has 0 aliphatic rings. The van der Waals surface area contributed by atoms with E-state index in [1.807, 2.05) is 0 Å². The topological polar surface area (TPSA) is 96.8 Å². The molecule has 2 N–H and O–H groups in total. The summed E-state index contributed by atoms with van der Waals surface area (Å²) in [6, 6.07) is 3.38. The smallest absolute Gasteiger partial charge is 0.275 e. The van der Waals surface area contributed by atoms with E-state index < -0.39 is 17.3 Å². The zero-order valence-electron chi connectivity index (χ0n) is 10.1. The third-order valence-corrected chi connectivity index (χ3v) is 3.43. The molecular formula is C12H9N3O4S. The Morgan fingerprint density at radius 2 is 2.40 bits per heavy atom. The van der Waals surface area contributed by atoms with Gasteiger partial charge in [0.05, 0.1) is 12.8 Å². The second-order valence-electron chi connectivity index (χ2n) is 3.93. The van der Waals surface area contributed by atoms with Gasteiger partial charge in [-0.15, -0.1) is 11.3 Å². The van der Waals surface area contributed by atoms with Crippen LogP contribution in [0.5, 0.6) is 5.88 Å². The van der Waals surface area contributed by atoms with E-state index in [4.69, 9.17) is 4.42 Å². The highest BCUT2D eigenvalue weighted by Crippen LogP contribution is 2.14. The Kier molecular flexibility index (Phi) is 2.99. The Balaban J connectivity index is 1.92. The van der Waals surface area contributed by atoms with Crippen LogP contribution in [-0.2, 0) is 6.54 Å². The van der Waals surface area contributed by atoms with Crippen LogP contribution in [0.2, 0.25) is 0 Å². The van der Waals surface area contributed by atoms with Crippen LogP contribution in [0.1, 0.15) is 16.1 Å². The molecule has 0 saturated heterocycles. The predicted octanol–water partition coefficient (Wildman–Crippen LogP) is 0.985. The summed E-state index contributed by atoms with van der Waals surface area (Å²) < 4.78 is 6.28. The number of nitrogens with zero attached hydrogens (tertiary/aromatic N) is 2. The molecule has 102 valence electrons. The fourth-order valence-electron chi connectivity index (χ4n) is 1.74. The van der Waals surface area contributed by atoms with Crippen molar-refractivity contribution >= 4 is 22.2 Å². The predicted molar refractivity (Wildman–Crippen MR) is 70.9 cm³/mol. The zero-order chi connectivity index (χ0) is 14.1. The molecule has 20 heavy (non-hydrogen) atoms. The van der Waals surface area contributed by atoms with E-state index in [0.29, 0.717) is 10.7 Å². The molecule has 0 unspecified atom stereocenters. The highest BCUT2D eigenvalue weighted by Gasteiger charge is 2.20. The van der Waals surface area contributed by atoms with Crippen LogP contribution < -0.4 is 10.9 Å². The van der Waals surface area contributed by atoms with Crippen LogP contribution in [0.25, 0.3) is 4.96 Å². The van der Waals surface area contributed by atoms with Gasteiger partial charge in [-0.1, -0.05) is 0 Å². The van der Waals surface area contributed by atoms with Gasteiger partial charge in [-0.05, 0) is 12.1 Å². The van der Waals surface area contributed by atoms with E-state index in [9.17, 15) is 14.7 Å². The number of hydrogen-bond donors (Lipinski definition) is 2. The number of aromatic nitrogens is 2. The van der Waals surface area contributed by atoms with Crippen molar-refractivity contribution < 1.29 is 14.3 Å². The van der Waals surface area contributed by atoms with Gasteiger partial charge in [0.2, 0.25) is 5.88 Å². The highest BCUT2D eigenvalue weighted by molar-refractivity contribution is 7.15. The molecule has 3 aromatic heterocycles. The van der Waals surface area contributed by atoms with Crippen LogP contribution >= 0.6 is 11.3 Å². The summed E-state index contributed by atoms with van der Waals surface area (Å²) in [4.78, 5) is 28.2. The van der Waals surface area contributed by atoms with Crippen LogP contribution in [0, 0.1) is 0 Å². The van der Waals surface area contributed by atoms with E-state index in [1.54, 1.807) is 17.5 Å². The lowest BCUT2D eigenvalue weighted by Crippen LogP contribution is -2.31. The van der Waals surface area contributed by atoms with Crippen molar-refractivity contribution in [2.24, 2.45) is 0 Å². The van der Waals surface area contributed by atoms with E-state index in [-0.39, 0.29) is 12.1 Å². The maximum absolute atomic E-state index is 12.1. The maximum atomic E-state index is 12.1. The maximum Gasteiger partial charge on any atom is 0.275 e. The molecule has 1 amide bonds. The lowest BCUT2D eigenvalue weighted by Gasteiger charge is -2.04. The van der Waals surface area contributed by atoms with Crippen LogP contribution in [0.15, 0.2) is 39.2 Å². The van der Waals surface area contributed by atoms with Gasteiger partial charge in [0.1, 0.15) is 5.76 Å². The van der Waals surface area contributed by atoms with Gasteiger partial charge < -0.3 is 14.8 Å². The lowest BCUT2D eigenvalue weighted by atomic mass is 10.3. The molecule has 0 aliphatic heterocycles. The van der Waals surface area contributed by atoms with Crippen molar-refractivity contribution in [2.75, 3.05) is 0 Å². The first-order chi connectivity index (χ1) is 9.66. The van der Waals surface area contributed by atoms with E-state index in [1.165, 1.54) is 28.2 Å². The van der Waals surface area contributed by atoms with E-state index in [2.05, 4.69) is 10.3 Å². The summed E-state index contributed by atoms with van der Waals surface area (Å²) in [6.07, 6.45) is 2.98. The van der Waals surface area contributed by atoms with Crippen molar-refractivity contribution in [3.63, 3.8) is 0 Å². The number of fused-ring (bicyclic) bond motifs is 1. The number of nitrogens with one attached hydrogen (secondary N) is 1. The Bertz CT molecular complexity index is 819. The fraction of sp³-hybridized carbons (Fsp3) is 0.0833. The molecule has 0 radical (unpaired) electrons. The molecular weight excluding hydrogens is 282 g/mol. The molecule has 8 heteroatoms. The number of furan rings is 1. The first-order valence-electron chi connectivity index (χ1n) is 5.66. The lowest BCUT2D eigenvalue weighted by molar-refractivity contribution is 0.0943. The van der Waals surface area contributed by atoms with Crippen molar-refractivity contribution in [3.05, 3.63) is 51.7 Å². The summed E-state index contributed by atoms with van der Waals surface area (Å²) in [5, 5.41) is 13.9. The first kappa shape index (κ1) is 12.4. The normalized spacial score (nSPS) is 10.8. The monoisotopic (exact) mass is 291 g/mol.